The van der Waals surface area contributed by atoms with Crippen molar-refractivity contribution >= 4 is 21.5 Å². The SMILES string of the molecule is c1ccc2c(c1)Oc1c(cc(-c3ccccc3-c3ccc4c(c3)C3(c5ccccc5-4)c4ccccc4-c4cccc5cccc3c45)c3ccccc13)C21c2ccccc2-c2ccccc21. The van der Waals surface area contributed by atoms with Gasteiger partial charge in [0.25, 0.3) is 0 Å². The van der Waals surface area contributed by atoms with E-state index in [4.69, 9.17) is 4.74 Å². The quantitative estimate of drug-likeness (QED) is 0.169. The Hall–Kier alpha value is -8.26. The highest BCUT2D eigenvalue weighted by Gasteiger charge is 2.52. The molecule has 300 valence electrons. The summed E-state index contributed by atoms with van der Waals surface area (Å²) >= 11 is 0. The lowest BCUT2D eigenvalue weighted by molar-refractivity contribution is 0.442. The van der Waals surface area contributed by atoms with Crippen LogP contribution in [0.15, 0.2) is 231 Å². The van der Waals surface area contributed by atoms with Gasteiger partial charge >= 0.3 is 0 Å². The fraction of sp³-hybridized carbons (Fsp3) is 0.0312. The van der Waals surface area contributed by atoms with Gasteiger partial charge in [0, 0.05) is 16.5 Å². The van der Waals surface area contributed by atoms with Crippen LogP contribution >= 0.6 is 0 Å². The number of hydrogen-bond acceptors (Lipinski definition) is 1. The molecule has 11 aromatic carbocycles. The van der Waals surface area contributed by atoms with Gasteiger partial charge in [0.05, 0.1) is 10.8 Å². The van der Waals surface area contributed by atoms with Crippen LogP contribution in [0.25, 0.3) is 77.2 Å². The van der Waals surface area contributed by atoms with Gasteiger partial charge in [-0.25, -0.2) is 0 Å². The average Bonchev–Trinajstić information content (AvgIpc) is 3.83. The molecule has 0 saturated carbocycles. The molecule has 0 N–H and O–H groups in total. The van der Waals surface area contributed by atoms with E-state index in [0.29, 0.717) is 0 Å². The monoisotopic (exact) mass is 822 g/mol. The zero-order chi connectivity index (χ0) is 42.4. The summed E-state index contributed by atoms with van der Waals surface area (Å²) < 4.78 is 7.14. The molecule has 1 atom stereocenters. The van der Waals surface area contributed by atoms with Crippen molar-refractivity contribution in [3.8, 4) is 67.1 Å². The van der Waals surface area contributed by atoms with E-state index in [0.717, 1.165) is 16.9 Å². The molecule has 1 unspecified atom stereocenters. The zero-order valence-electron chi connectivity index (χ0n) is 35.3. The second-order valence-electron chi connectivity index (χ2n) is 18.1. The van der Waals surface area contributed by atoms with Gasteiger partial charge in [-0.2, -0.15) is 0 Å². The normalized spacial score (nSPS) is 16.0. The average molecular weight is 823 g/mol. The Morgan fingerprint density at radius 2 is 0.723 bits per heavy atom. The molecular formula is C64H38O. The molecule has 1 heterocycles. The van der Waals surface area contributed by atoms with Crippen molar-refractivity contribution in [1.29, 1.82) is 0 Å². The maximum absolute atomic E-state index is 7.14. The zero-order valence-corrected chi connectivity index (χ0v) is 35.3. The van der Waals surface area contributed by atoms with Crippen molar-refractivity contribution in [3.05, 3.63) is 275 Å². The van der Waals surface area contributed by atoms with Crippen molar-refractivity contribution < 1.29 is 4.74 Å². The lowest BCUT2D eigenvalue weighted by Crippen LogP contribution is -2.32. The third-order valence-corrected chi connectivity index (χ3v) is 15.4. The van der Waals surface area contributed by atoms with Gasteiger partial charge in [0.1, 0.15) is 11.5 Å². The predicted molar refractivity (Wildman–Crippen MR) is 266 cm³/mol. The molecule has 3 aliphatic carbocycles. The Bertz CT molecular complexity index is 3840. The first-order valence-corrected chi connectivity index (χ1v) is 22.8. The number of benzene rings is 11. The highest BCUT2D eigenvalue weighted by Crippen LogP contribution is 2.65. The minimum Gasteiger partial charge on any atom is -0.456 e. The lowest BCUT2D eigenvalue weighted by Gasteiger charge is -2.40. The van der Waals surface area contributed by atoms with Gasteiger partial charge in [-0.1, -0.05) is 212 Å². The van der Waals surface area contributed by atoms with E-state index in [1.165, 1.54) is 116 Å². The molecular weight excluding hydrogens is 785 g/mol. The summed E-state index contributed by atoms with van der Waals surface area (Å²) in [6, 6.07) is 86.4. The van der Waals surface area contributed by atoms with E-state index in [1.807, 2.05) is 0 Å². The summed E-state index contributed by atoms with van der Waals surface area (Å²) in [6.45, 7) is 0. The number of hydrogen-bond donors (Lipinski definition) is 0. The van der Waals surface area contributed by atoms with Crippen LogP contribution in [-0.4, -0.2) is 0 Å². The fourth-order valence-electron chi connectivity index (χ4n) is 13.0. The summed E-state index contributed by atoms with van der Waals surface area (Å²) in [5, 5.41) is 4.90. The Morgan fingerprint density at radius 1 is 0.262 bits per heavy atom. The molecule has 65 heavy (non-hydrogen) atoms. The molecule has 0 radical (unpaired) electrons. The van der Waals surface area contributed by atoms with Crippen molar-refractivity contribution in [2.24, 2.45) is 0 Å². The standard InChI is InChI=1S/C64H38O/c1-2-20-42(51-38-59-62(50-26-4-3-21-43(50)51)65-60-34-14-13-32-56(60)63(59)52-28-9-5-22-44(52)45-23-6-10-29-53(45)63)41(19-1)40-35-36-48-46-24-7-11-30-54(46)64(58(48)37-40)55-31-12-8-25-47(55)49-27-15-17-39-18-16-33-57(64)61(39)49/h1-38H. The highest BCUT2D eigenvalue weighted by molar-refractivity contribution is 6.09. The minimum absolute atomic E-state index is 0.500. The van der Waals surface area contributed by atoms with E-state index in [9.17, 15) is 0 Å². The molecule has 0 fully saturated rings. The molecule has 1 nitrogen and oxygen atoms in total. The van der Waals surface area contributed by atoms with E-state index < -0.39 is 10.8 Å². The summed E-state index contributed by atoms with van der Waals surface area (Å²) in [5.74, 6) is 1.83. The Labute approximate surface area is 377 Å². The molecule has 2 spiro atoms. The van der Waals surface area contributed by atoms with Crippen LogP contribution in [0.1, 0.15) is 44.5 Å². The van der Waals surface area contributed by atoms with Gasteiger partial charge in [0.15, 0.2) is 0 Å². The number of ether oxygens (including phenoxy) is 1. The van der Waals surface area contributed by atoms with Crippen LogP contribution in [-0.2, 0) is 10.8 Å². The molecule has 4 aliphatic rings. The highest BCUT2D eigenvalue weighted by atomic mass is 16.5. The van der Waals surface area contributed by atoms with Crippen molar-refractivity contribution in [2.75, 3.05) is 0 Å². The van der Waals surface area contributed by atoms with Crippen LogP contribution in [0.3, 0.4) is 0 Å². The van der Waals surface area contributed by atoms with Gasteiger partial charge < -0.3 is 4.74 Å². The maximum Gasteiger partial charge on any atom is 0.140 e. The molecule has 15 rings (SSSR count). The molecule has 11 aromatic rings. The number of fused-ring (bicyclic) bond motifs is 20. The Balaban J connectivity index is 1.02. The van der Waals surface area contributed by atoms with Gasteiger partial charge in [0.2, 0.25) is 0 Å². The van der Waals surface area contributed by atoms with E-state index in [2.05, 4.69) is 231 Å². The van der Waals surface area contributed by atoms with Crippen LogP contribution in [0.5, 0.6) is 11.5 Å². The van der Waals surface area contributed by atoms with Crippen molar-refractivity contribution in [1.82, 2.24) is 0 Å². The van der Waals surface area contributed by atoms with Gasteiger partial charge in [-0.05, 0) is 123 Å². The van der Waals surface area contributed by atoms with E-state index >= 15 is 0 Å². The van der Waals surface area contributed by atoms with Gasteiger partial charge in [-0.3, -0.25) is 0 Å². The predicted octanol–water partition coefficient (Wildman–Crippen LogP) is 16.1. The third-order valence-electron chi connectivity index (χ3n) is 15.4. The van der Waals surface area contributed by atoms with Crippen LogP contribution in [0, 0.1) is 0 Å². The molecule has 0 amide bonds. The van der Waals surface area contributed by atoms with Crippen molar-refractivity contribution in [3.63, 3.8) is 0 Å². The largest absolute Gasteiger partial charge is 0.456 e. The first-order valence-electron chi connectivity index (χ1n) is 22.8. The number of para-hydroxylation sites is 1. The van der Waals surface area contributed by atoms with Crippen LogP contribution in [0.4, 0.5) is 0 Å². The molecule has 0 aromatic heterocycles. The lowest BCUT2D eigenvalue weighted by atomic mass is 9.61. The molecule has 1 aliphatic heterocycles. The maximum atomic E-state index is 7.14. The third kappa shape index (κ3) is 4.29. The minimum atomic E-state index is -0.581. The summed E-state index contributed by atoms with van der Waals surface area (Å²) in [7, 11) is 0. The van der Waals surface area contributed by atoms with Crippen LogP contribution in [0.2, 0.25) is 0 Å². The molecule has 0 saturated heterocycles. The van der Waals surface area contributed by atoms with Gasteiger partial charge in [-0.15, -0.1) is 0 Å². The first-order chi connectivity index (χ1) is 32.3. The fourth-order valence-corrected chi connectivity index (χ4v) is 13.0. The molecule has 1 heteroatoms. The van der Waals surface area contributed by atoms with Crippen LogP contribution < -0.4 is 4.74 Å². The smallest absolute Gasteiger partial charge is 0.140 e. The molecule has 0 bridgehead atoms. The summed E-state index contributed by atoms with van der Waals surface area (Å²) in [5.41, 5.74) is 21.8. The van der Waals surface area contributed by atoms with Crippen molar-refractivity contribution in [2.45, 2.75) is 10.8 Å². The second-order valence-corrected chi connectivity index (χ2v) is 18.1. The summed E-state index contributed by atoms with van der Waals surface area (Å²) in [4.78, 5) is 0. The van der Waals surface area contributed by atoms with E-state index in [-0.39, 0.29) is 0 Å². The van der Waals surface area contributed by atoms with E-state index in [1.54, 1.807) is 0 Å². The Kier molecular flexibility index (Phi) is 6.88. The topological polar surface area (TPSA) is 9.23 Å². The Morgan fingerprint density at radius 3 is 1.38 bits per heavy atom. The number of rotatable bonds is 2. The summed E-state index contributed by atoms with van der Waals surface area (Å²) in [6.07, 6.45) is 0. The first kappa shape index (κ1) is 35.2. The second kappa shape index (κ2) is 12.7.